The highest BCUT2D eigenvalue weighted by Crippen LogP contribution is 2.29. The second kappa shape index (κ2) is 9.89. The Balaban J connectivity index is 1.45. The minimum absolute atomic E-state index is 0.0980. The summed E-state index contributed by atoms with van der Waals surface area (Å²) >= 11 is 0. The third-order valence-electron chi connectivity index (χ3n) is 6.31. The van der Waals surface area contributed by atoms with Crippen LogP contribution in [-0.2, 0) is 4.79 Å². The molecule has 9 heteroatoms. The molecule has 1 N–H and O–H groups in total. The van der Waals surface area contributed by atoms with Crippen LogP contribution in [0.4, 0.5) is 22.7 Å². The monoisotopic (exact) mass is 451 g/mol. The van der Waals surface area contributed by atoms with Gasteiger partial charge in [-0.1, -0.05) is 6.92 Å². The Morgan fingerprint density at radius 1 is 0.939 bits per heavy atom. The molecule has 2 aliphatic heterocycles. The topological polar surface area (TPSA) is 99.0 Å². The van der Waals surface area contributed by atoms with Crippen molar-refractivity contribution in [3.8, 4) is 0 Å². The molecule has 2 aliphatic rings. The van der Waals surface area contributed by atoms with Crippen molar-refractivity contribution in [3.63, 3.8) is 0 Å². The first-order valence-electron chi connectivity index (χ1n) is 11.4. The lowest BCUT2D eigenvalue weighted by Gasteiger charge is -2.36. The van der Waals surface area contributed by atoms with Gasteiger partial charge in [-0.05, 0) is 43.2 Å². The summed E-state index contributed by atoms with van der Waals surface area (Å²) in [6, 6.07) is 12.0. The van der Waals surface area contributed by atoms with Crippen molar-refractivity contribution >= 4 is 34.6 Å². The standard InChI is InChI=1S/C24H29N5O4/c1-2-23(30)28-15-13-26(14-16-28)19-7-5-18(6-8-19)25-24(31)21-17-20(29(32)33)9-10-22(21)27-11-3-4-12-27/h5-10,17H,2-4,11-16H2,1H3,(H,25,31). The molecule has 2 fully saturated rings. The van der Waals surface area contributed by atoms with Gasteiger partial charge in [0.05, 0.1) is 16.2 Å². The molecule has 4 rings (SSSR count). The van der Waals surface area contributed by atoms with Crippen LogP contribution >= 0.6 is 0 Å². The van der Waals surface area contributed by atoms with Crippen LogP contribution in [0, 0.1) is 10.1 Å². The zero-order valence-electron chi connectivity index (χ0n) is 18.8. The fourth-order valence-corrected chi connectivity index (χ4v) is 4.44. The Morgan fingerprint density at radius 2 is 1.61 bits per heavy atom. The number of carbonyl (C=O) groups excluding carboxylic acids is 2. The molecule has 0 atom stereocenters. The lowest BCUT2D eigenvalue weighted by atomic mass is 10.1. The fourth-order valence-electron chi connectivity index (χ4n) is 4.44. The van der Waals surface area contributed by atoms with Gasteiger partial charge in [-0.2, -0.15) is 0 Å². The molecule has 2 amide bonds. The van der Waals surface area contributed by atoms with E-state index in [-0.39, 0.29) is 17.5 Å². The second-order valence-corrected chi connectivity index (χ2v) is 8.38. The summed E-state index contributed by atoms with van der Waals surface area (Å²) in [5.41, 5.74) is 2.60. The average molecular weight is 452 g/mol. The number of rotatable bonds is 6. The van der Waals surface area contributed by atoms with E-state index in [2.05, 4.69) is 15.1 Å². The summed E-state index contributed by atoms with van der Waals surface area (Å²) in [6.07, 6.45) is 2.61. The quantitative estimate of drug-likeness (QED) is 0.533. The van der Waals surface area contributed by atoms with Gasteiger partial charge < -0.3 is 20.0 Å². The van der Waals surface area contributed by atoms with Crippen molar-refractivity contribution in [1.82, 2.24) is 4.90 Å². The molecule has 9 nitrogen and oxygen atoms in total. The van der Waals surface area contributed by atoms with Crippen LogP contribution in [-0.4, -0.2) is 60.9 Å². The van der Waals surface area contributed by atoms with Gasteiger partial charge in [0, 0.05) is 69.2 Å². The number of piperazine rings is 1. The number of nitrogens with one attached hydrogen (secondary N) is 1. The number of nitro groups is 1. The van der Waals surface area contributed by atoms with E-state index in [1.54, 1.807) is 6.07 Å². The number of hydrogen-bond acceptors (Lipinski definition) is 6. The maximum atomic E-state index is 13.1. The minimum Gasteiger partial charge on any atom is -0.371 e. The van der Waals surface area contributed by atoms with E-state index >= 15 is 0 Å². The Morgan fingerprint density at radius 3 is 2.21 bits per heavy atom. The van der Waals surface area contributed by atoms with E-state index in [1.165, 1.54) is 12.1 Å². The summed E-state index contributed by atoms with van der Waals surface area (Å²) in [4.78, 5) is 41.9. The van der Waals surface area contributed by atoms with E-state index in [4.69, 9.17) is 0 Å². The molecule has 2 saturated heterocycles. The summed E-state index contributed by atoms with van der Waals surface area (Å²) in [5, 5.41) is 14.2. The summed E-state index contributed by atoms with van der Waals surface area (Å²) < 4.78 is 0. The van der Waals surface area contributed by atoms with Crippen LogP contribution in [0.5, 0.6) is 0 Å². The molecule has 0 spiro atoms. The highest BCUT2D eigenvalue weighted by Gasteiger charge is 2.23. The van der Waals surface area contributed by atoms with E-state index in [1.807, 2.05) is 36.1 Å². The van der Waals surface area contributed by atoms with E-state index in [0.29, 0.717) is 30.8 Å². The Bertz CT molecular complexity index is 1030. The SMILES string of the molecule is CCC(=O)N1CCN(c2ccc(NC(=O)c3cc([N+](=O)[O-])ccc3N3CCCC3)cc2)CC1. The number of amides is 2. The first-order chi connectivity index (χ1) is 16.0. The maximum absolute atomic E-state index is 13.1. The van der Waals surface area contributed by atoms with Crippen LogP contribution in [0.1, 0.15) is 36.5 Å². The largest absolute Gasteiger partial charge is 0.371 e. The van der Waals surface area contributed by atoms with Gasteiger partial charge >= 0.3 is 0 Å². The number of benzene rings is 2. The molecule has 0 aliphatic carbocycles. The fraction of sp³-hybridized carbons (Fsp3) is 0.417. The van der Waals surface area contributed by atoms with E-state index in [0.717, 1.165) is 50.4 Å². The van der Waals surface area contributed by atoms with Crippen LogP contribution in [0.3, 0.4) is 0 Å². The molecule has 0 radical (unpaired) electrons. The number of non-ortho nitro benzene ring substituents is 1. The third-order valence-corrected chi connectivity index (χ3v) is 6.31. The van der Waals surface area contributed by atoms with Crippen LogP contribution in [0.15, 0.2) is 42.5 Å². The smallest absolute Gasteiger partial charge is 0.270 e. The van der Waals surface area contributed by atoms with E-state index < -0.39 is 4.92 Å². The molecule has 33 heavy (non-hydrogen) atoms. The molecular weight excluding hydrogens is 422 g/mol. The molecule has 0 unspecified atom stereocenters. The van der Waals surface area contributed by atoms with Crippen LogP contribution < -0.4 is 15.1 Å². The van der Waals surface area contributed by atoms with Gasteiger partial charge in [-0.25, -0.2) is 0 Å². The molecular formula is C24H29N5O4. The summed E-state index contributed by atoms with van der Waals surface area (Å²) in [5.74, 6) is -0.179. The lowest BCUT2D eigenvalue weighted by molar-refractivity contribution is -0.384. The molecule has 2 heterocycles. The highest BCUT2D eigenvalue weighted by atomic mass is 16.6. The molecule has 174 valence electrons. The molecule has 0 saturated carbocycles. The van der Waals surface area contributed by atoms with Crippen LogP contribution in [0.25, 0.3) is 0 Å². The summed E-state index contributed by atoms with van der Waals surface area (Å²) in [6.45, 7) is 6.50. The number of nitrogens with zero attached hydrogens (tertiary/aromatic N) is 4. The van der Waals surface area contributed by atoms with Crippen molar-refractivity contribution in [2.75, 3.05) is 54.4 Å². The molecule has 2 aromatic rings. The zero-order valence-corrected chi connectivity index (χ0v) is 18.8. The first-order valence-corrected chi connectivity index (χ1v) is 11.4. The first kappa shape index (κ1) is 22.6. The van der Waals surface area contributed by atoms with Crippen LogP contribution in [0.2, 0.25) is 0 Å². The second-order valence-electron chi connectivity index (χ2n) is 8.38. The lowest BCUT2D eigenvalue weighted by Crippen LogP contribution is -2.48. The zero-order chi connectivity index (χ0) is 23.4. The minimum atomic E-state index is -0.479. The van der Waals surface area contributed by atoms with Gasteiger partial charge in [0.1, 0.15) is 0 Å². The molecule has 0 aromatic heterocycles. The Kier molecular flexibility index (Phi) is 6.76. The van der Waals surface area contributed by atoms with Gasteiger partial charge in [0.15, 0.2) is 0 Å². The molecule has 2 aromatic carbocycles. The normalized spacial score (nSPS) is 16.1. The molecule has 0 bridgehead atoms. The Hall–Kier alpha value is -3.62. The number of carbonyl (C=O) groups is 2. The van der Waals surface area contributed by atoms with Gasteiger partial charge in [-0.3, -0.25) is 19.7 Å². The van der Waals surface area contributed by atoms with Crippen molar-refractivity contribution in [2.24, 2.45) is 0 Å². The highest BCUT2D eigenvalue weighted by molar-refractivity contribution is 6.08. The maximum Gasteiger partial charge on any atom is 0.270 e. The van der Waals surface area contributed by atoms with Crippen molar-refractivity contribution in [2.45, 2.75) is 26.2 Å². The summed E-state index contributed by atoms with van der Waals surface area (Å²) in [7, 11) is 0. The van der Waals surface area contributed by atoms with Crippen molar-refractivity contribution in [3.05, 3.63) is 58.1 Å². The average Bonchev–Trinajstić information content (AvgIpc) is 3.38. The Labute approximate surface area is 193 Å². The predicted molar refractivity (Wildman–Crippen MR) is 128 cm³/mol. The number of hydrogen-bond donors (Lipinski definition) is 1. The number of anilines is 3. The van der Waals surface area contributed by atoms with Gasteiger partial charge in [0.25, 0.3) is 11.6 Å². The third kappa shape index (κ3) is 5.08. The van der Waals surface area contributed by atoms with Crippen molar-refractivity contribution in [1.29, 1.82) is 0 Å². The van der Waals surface area contributed by atoms with Gasteiger partial charge in [-0.15, -0.1) is 0 Å². The predicted octanol–water partition coefficient (Wildman–Crippen LogP) is 3.51. The number of nitro benzene ring substituents is 1. The van der Waals surface area contributed by atoms with Crippen molar-refractivity contribution < 1.29 is 14.5 Å². The van der Waals surface area contributed by atoms with Gasteiger partial charge in [0.2, 0.25) is 5.91 Å². The van der Waals surface area contributed by atoms with E-state index in [9.17, 15) is 19.7 Å².